The molecule has 0 spiro atoms. The van der Waals surface area contributed by atoms with Crippen LogP contribution >= 0.6 is 0 Å². The Balaban J connectivity index is 1.37. The summed E-state index contributed by atoms with van der Waals surface area (Å²) in [5.74, 6) is 15.2. The van der Waals surface area contributed by atoms with E-state index in [1.165, 1.54) is 0 Å². The second kappa shape index (κ2) is 26.2. The third kappa shape index (κ3) is 15.1. The number of hydrogen-bond donors (Lipinski definition) is 2. The van der Waals surface area contributed by atoms with Gasteiger partial charge in [-0.1, -0.05) is 200 Å². The highest BCUT2D eigenvalue weighted by Crippen LogP contribution is 2.45. The van der Waals surface area contributed by atoms with Gasteiger partial charge in [0.05, 0.1) is 57.8 Å². The molecule has 2 heterocycles. The Kier molecular flexibility index (Phi) is 20.5. The number of hydrogen-bond acceptors (Lipinski definition) is 9. The number of aliphatic hydroxyl groups excluding tert-OH is 2. The average molecular weight is 971 g/mol. The predicted molar refractivity (Wildman–Crippen MR) is 278 cm³/mol. The van der Waals surface area contributed by atoms with E-state index in [-0.39, 0.29) is 36.4 Å². The monoisotopic (exact) mass is 970 g/mol. The van der Waals surface area contributed by atoms with Gasteiger partial charge in [0.25, 0.3) is 0 Å². The summed E-state index contributed by atoms with van der Waals surface area (Å²) in [6.45, 7) is 20.9. The molecule has 0 aliphatic carbocycles. The molecule has 2 saturated heterocycles. The first-order chi connectivity index (χ1) is 33.2. The molecule has 368 valence electrons. The molecule has 0 bridgehead atoms. The topological polar surface area (TPSA) is 105 Å². The Morgan fingerprint density at radius 2 is 0.942 bits per heavy atom. The molecular formula is C58H74O9Si2. The first-order valence-corrected chi connectivity index (χ1v) is 30.2. The third-order valence-electron chi connectivity index (χ3n) is 12.9. The number of aliphatic hydroxyl groups is 2. The van der Waals surface area contributed by atoms with Crippen LogP contribution in [0.4, 0.5) is 0 Å². The second-order valence-electron chi connectivity index (χ2n) is 20.1. The Morgan fingerprint density at radius 3 is 1.41 bits per heavy atom. The normalized spacial score (nSPS) is 25.0. The zero-order valence-electron chi connectivity index (χ0n) is 42.0. The van der Waals surface area contributed by atoms with Gasteiger partial charge >= 0.3 is 0 Å². The molecular weight excluding hydrogens is 897 g/mol. The van der Waals surface area contributed by atoms with Crippen molar-refractivity contribution in [2.75, 3.05) is 13.2 Å². The van der Waals surface area contributed by atoms with E-state index in [4.69, 9.17) is 32.8 Å². The van der Waals surface area contributed by atoms with Crippen LogP contribution in [-0.2, 0) is 59.3 Å². The molecule has 10 atom stereocenters. The Labute approximate surface area is 414 Å². The Morgan fingerprint density at radius 1 is 0.522 bits per heavy atom. The van der Waals surface area contributed by atoms with Gasteiger partial charge in [-0.2, -0.15) is 0 Å². The van der Waals surface area contributed by atoms with E-state index in [1.807, 2.05) is 121 Å². The number of ether oxygens (including phenoxy) is 6. The fourth-order valence-corrected chi connectivity index (χ4v) is 15.7. The smallest absolute Gasteiger partial charge is 0.201 e. The first-order valence-electron chi connectivity index (χ1n) is 24.6. The molecule has 4 aromatic rings. The van der Waals surface area contributed by atoms with Gasteiger partial charge < -0.3 is 43.1 Å². The van der Waals surface area contributed by atoms with Crippen molar-refractivity contribution < 1.29 is 43.1 Å². The quantitative estimate of drug-likeness (QED) is 0.0702. The van der Waals surface area contributed by atoms with Gasteiger partial charge in [0.2, 0.25) is 8.32 Å². The van der Waals surface area contributed by atoms with E-state index < -0.39 is 77.2 Å². The summed E-state index contributed by atoms with van der Waals surface area (Å²) in [5.41, 5.74) is 8.22. The maximum atomic E-state index is 12.4. The molecule has 4 aromatic carbocycles. The highest BCUT2D eigenvalue weighted by atomic mass is 28.4. The summed E-state index contributed by atoms with van der Waals surface area (Å²) in [6.07, 6.45) is -6.89. The van der Waals surface area contributed by atoms with Crippen molar-refractivity contribution in [3.8, 4) is 35.1 Å². The summed E-state index contributed by atoms with van der Waals surface area (Å²) < 4.78 is 47.7. The van der Waals surface area contributed by atoms with Crippen LogP contribution in [-0.4, -0.2) is 94.8 Å². The van der Waals surface area contributed by atoms with Crippen LogP contribution in [0.5, 0.6) is 0 Å². The fraction of sp³-hybridized carbons (Fsp3) is 0.483. The van der Waals surface area contributed by atoms with Crippen LogP contribution in [0.25, 0.3) is 0 Å². The maximum Gasteiger partial charge on any atom is 0.201 e. The highest BCUT2D eigenvalue weighted by molar-refractivity contribution is 6.83. The number of rotatable bonds is 19. The van der Waals surface area contributed by atoms with Crippen molar-refractivity contribution in [2.24, 2.45) is 5.92 Å². The van der Waals surface area contributed by atoms with Gasteiger partial charge in [-0.05, 0) is 50.7 Å². The minimum Gasteiger partial charge on any atom is -0.407 e. The number of benzene rings is 4. The summed E-state index contributed by atoms with van der Waals surface area (Å²) in [4.78, 5) is 0. The molecule has 2 aliphatic rings. The lowest BCUT2D eigenvalue weighted by molar-refractivity contribution is -0.261. The van der Waals surface area contributed by atoms with Crippen molar-refractivity contribution in [1.29, 1.82) is 0 Å². The van der Waals surface area contributed by atoms with Gasteiger partial charge in [-0.15, -0.1) is 5.54 Å². The van der Waals surface area contributed by atoms with Crippen LogP contribution in [0.1, 0.15) is 63.8 Å². The van der Waals surface area contributed by atoms with Gasteiger partial charge in [-0.3, -0.25) is 0 Å². The van der Waals surface area contributed by atoms with Gasteiger partial charge in [-0.25, -0.2) is 0 Å². The first kappa shape index (κ1) is 54.0. The molecule has 0 saturated carbocycles. The largest absolute Gasteiger partial charge is 0.407 e. The SMILES string of the molecule is CC(C)[Si](O[C@@H]1[C@@H](O)[C@H](C#CC#C[C@@H]2O[C@H](COCc3ccccc3)[C@@H](OCc3ccccc3)[C@H](OCc3ccccc3)[C@H]2OCc2ccccc2)[C@@H](CO)O[C@H]1C#C[Si](C)(C)C)(C(C)C)C(C)C. The second-order valence-corrected chi connectivity index (χ2v) is 30.3. The van der Waals surface area contributed by atoms with Crippen LogP contribution in [0.3, 0.4) is 0 Å². The minimum absolute atomic E-state index is 0.190. The zero-order chi connectivity index (χ0) is 49.4. The van der Waals surface area contributed by atoms with Crippen molar-refractivity contribution >= 4 is 16.4 Å². The van der Waals surface area contributed by atoms with Crippen LogP contribution in [0.15, 0.2) is 121 Å². The maximum absolute atomic E-state index is 12.4. The molecule has 69 heavy (non-hydrogen) atoms. The predicted octanol–water partition coefficient (Wildman–Crippen LogP) is 9.91. The molecule has 2 N–H and O–H groups in total. The fourth-order valence-electron chi connectivity index (χ4n) is 9.60. The van der Waals surface area contributed by atoms with E-state index in [2.05, 4.69) is 96.3 Å². The highest BCUT2D eigenvalue weighted by Gasteiger charge is 2.53. The minimum atomic E-state index is -2.54. The summed E-state index contributed by atoms with van der Waals surface area (Å²) >= 11 is 0. The molecule has 11 heteroatoms. The van der Waals surface area contributed by atoms with E-state index in [0.717, 1.165) is 22.3 Å². The molecule has 2 fully saturated rings. The van der Waals surface area contributed by atoms with E-state index >= 15 is 0 Å². The van der Waals surface area contributed by atoms with Crippen molar-refractivity contribution in [3.63, 3.8) is 0 Å². The average Bonchev–Trinajstić information content (AvgIpc) is 3.34. The molecule has 0 aromatic heterocycles. The lowest BCUT2D eigenvalue weighted by atomic mass is 9.87. The van der Waals surface area contributed by atoms with E-state index in [0.29, 0.717) is 19.8 Å². The molecule has 0 amide bonds. The zero-order valence-corrected chi connectivity index (χ0v) is 44.0. The summed E-state index contributed by atoms with van der Waals surface area (Å²) in [6, 6.07) is 40.0. The lowest BCUT2D eigenvalue weighted by Gasteiger charge is -2.49. The van der Waals surface area contributed by atoms with Crippen molar-refractivity contribution in [1.82, 2.24) is 0 Å². The molecule has 6 rings (SSSR count). The lowest BCUT2D eigenvalue weighted by Crippen LogP contribution is -2.61. The molecule has 0 radical (unpaired) electrons. The third-order valence-corrected chi connectivity index (χ3v) is 19.9. The van der Waals surface area contributed by atoms with Gasteiger partial charge in [0.15, 0.2) is 0 Å². The summed E-state index contributed by atoms with van der Waals surface area (Å²) in [7, 11) is -4.38. The molecule has 2 aliphatic heterocycles. The Bertz CT molecular complexity index is 2300. The van der Waals surface area contributed by atoms with Crippen LogP contribution in [0, 0.1) is 41.1 Å². The molecule has 0 unspecified atom stereocenters. The summed E-state index contributed by atoms with van der Waals surface area (Å²) in [5, 5.41) is 23.1. The van der Waals surface area contributed by atoms with E-state index in [1.54, 1.807) is 0 Å². The van der Waals surface area contributed by atoms with Gasteiger partial charge in [0, 0.05) is 0 Å². The van der Waals surface area contributed by atoms with Crippen LogP contribution in [0.2, 0.25) is 36.3 Å². The standard InChI is InChI=1S/C58H74O9Si2/c1-42(2)69(43(3)4,44(5)6)67-55-51(34-35-68(7,8)9)65-52(36-59)49(54(55)60)32-22-23-33-50-56(62-38-46-26-16-11-17-27-46)58(64-40-48-30-20-13-21-31-48)57(63-39-47-28-18-12-19-29-47)53(66-50)41-61-37-45-24-14-10-15-25-45/h10-21,24-31,42-44,49-60H,36-41H2,1-9H3/t49-,50+,51+,52-,53-,54+,55+,56+,57-,58-/m1/s1. The van der Waals surface area contributed by atoms with E-state index in [9.17, 15) is 10.2 Å². The van der Waals surface area contributed by atoms with Crippen molar-refractivity contribution in [3.05, 3.63) is 144 Å². The van der Waals surface area contributed by atoms with Crippen molar-refractivity contribution in [2.45, 2.75) is 159 Å². The van der Waals surface area contributed by atoms with Gasteiger partial charge in [0.1, 0.15) is 50.8 Å². The van der Waals surface area contributed by atoms with Crippen LogP contribution < -0.4 is 0 Å². The Hall–Kier alpha value is -4.37. The molecule has 9 nitrogen and oxygen atoms in total.